The Hall–Kier alpha value is -2.79. The number of aliphatic imine (C=N–C) groups is 1. The van der Waals surface area contributed by atoms with Crippen LogP contribution in [0.15, 0.2) is 41.4 Å². The Morgan fingerprint density at radius 2 is 1.97 bits per heavy atom. The third-order valence-electron chi connectivity index (χ3n) is 6.25. The van der Waals surface area contributed by atoms with Crippen LogP contribution in [0.4, 0.5) is 5.69 Å². The second-order valence-corrected chi connectivity index (χ2v) is 10.0. The van der Waals surface area contributed by atoms with Gasteiger partial charge in [-0.25, -0.2) is 10.4 Å². The number of hydrogen-bond acceptors (Lipinski definition) is 8. The van der Waals surface area contributed by atoms with Gasteiger partial charge in [0, 0.05) is 23.3 Å². The van der Waals surface area contributed by atoms with Crippen LogP contribution in [0.25, 0.3) is 0 Å². The summed E-state index contributed by atoms with van der Waals surface area (Å²) in [4.78, 5) is 19.3. The number of aryl methyl sites for hydroxylation is 1. The molecule has 0 saturated carbocycles. The number of hydrazine groups is 1. The summed E-state index contributed by atoms with van der Waals surface area (Å²) in [5.74, 6) is 1.72. The molecule has 1 fully saturated rings. The van der Waals surface area contributed by atoms with Crippen LogP contribution in [0.1, 0.15) is 18.1 Å². The number of amides is 1. The van der Waals surface area contributed by atoms with E-state index in [2.05, 4.69) is 16.2 Å². The SMILES string of the molecule is COc1ccc(CCNC(=O)CSC2=NC3NNC(C)C3C(=N)N2c2ccc(Cl)c(C)c2)cc1OC. The van der Waals surface area contributed by atoms with Crippen molar-refractivity contribution in [1.29, 1.82) is 5.41 Å². The highest BCUT2D eigenvalue weighted by Crippen LogP contribution is 2.33. The second-order valence-electron chi connectivity index (χ2n) is 8.69. The van der Waals surface area contributed by atoms with Crippen LogP contribution < -0.4 is 30.5 Å². The molecule has 4 rings (SSSR count). The number of nitrogens with zero attached hydrogens (tertiary/aromatic N) is 2. The zero-order chi connectivity index (χ0) is 25.8. The van der Waals surface area contributed by atoms with Crippen LogP contribution in [0.5, 0.6) is 11.5 Å². The Labute approximate surface area is 220 Å². The smallest absolute Gasteiger partial charge is 0.230 e. The summed E-state index contributed by atoms with van der Waals surface area (Å²) in [6.07, 6.45) is 0.406. The number of anilines is 1. The second kappa shape index (κ2) is 11.5. The van der Waals surface area contributed by atoms with Gasteiger partial charge < -0.3 is 14.8 Å². The first-order chi connectivity index (χ1) is 17.3. The molecule has 0 spiro atoms. The predicted molar refractivity (Wildman–Crippen MR) is 146 cm³/mol. The summed E-state index contributed by atoms with van der Waals surface area (Å²) < 4.78 is 10.6. The number of rotatable bonds is 8. The minimum Gasteiger partial charge on any atom is -0.493 e. The van der Waals surface area contributed by atoms with Gasteiger partial charge in [-0.15, -0.1) is 0 Å². The van der Waals surface area contributed by atoms with Crippen molar-refractivity contribution < 1.29 is 14.3 Å². The molecule has 2 aliphatic heterocycles. The van der Waals surface area contributed by atoms with Gasteiger partial charge in [0.05, 0.1) is 25.9 Å². The number of halogens is 1. The number of carbonyl (C=O) groups is 1. The fourth-order valence-electron chi connectivity index (χ4n) is 4.28. The van der Waals surface area contributed by atoms with E-state index >= 15 is 0 Å². The molecule has 0 aromatic heterocycles. The summed E-state index contributed by atoms with van der Waals surface area (Å²) >= 11 is 7.55. The number of benzene rings is 2. The lowest BCUT2D eigenvalue weighted by Gasteiger charge is -2.36. The molecule has 36 heavy (non-hydrogen) atoms. The summed E-state index contributed by atoms with van der Waals surface area (Å²) in [5, 5.41) is 13.2. The number of amidine groups is 2. The standard InChI is InChI=1S/C25H31ClN6O3S/c1-14-11-17(6-7-18(14)26)32-23(27)22-15(2)30-31-24(22)29-25(32)36-13-21(33)28-10-9-16-5-8-19(34-3)20(12-16)35-4/h5-8,11-12,15,22,24,27,30-31H,9-10,13H2,1-4H3,(H,28,33). The molecule has 192 valence electrons. The first-order valence-electron chi connectivity index (χ1n) is 11.7. The Bertz CT molecular complexity index is 1180. The monoisotopic (exact) mass is 530 g/mol. The maximum Gasteiger partial charge on any atom is 0.230 e. The molecular formula is C25H31ClN6O3S. The van der Waals surface area contributed by atoms with Gasteiger partial charge in [-0.2, -0.15) is 0 Å². The Morgan fingerprint density at radius 3 is 2.69 bits per heavy atom. The zero-order valence-electron chi connectivity index (χ0n) is 20.7. The van der Waals surface area contributed by atoms with Gasteiger partial charge in [0.25, 0.3) is 0 Å². The maximum atomic E-state index is 12.7. The third-order valence-corrected chi connectivity index (χ3v) is 7.63. The van der Waals surface area contributed by atoms with E-state index in [-0.39, 0.29) is 29.8 Å². The first-order valence-corrected chi connectivity index (χ1v) is 13.0. The number of nitrogens with one attached hydrogen (secondary N) is 4. The van der Waals surface area contributed by atoms with Crippen LogP contribution in [-0.4, -0.2) is 55.6 Å². The number of hydrogen-bond donors (Lipinski definition) is 4. The van der Waals surface area contributed by atoms with Crippen molar-refractivity contribution >= 4 is 46.0 Å². The van der Waals surface area contributed by atoms with Gasteiger partial charge in [-0.3, -0.25) is 20.5 Å². The Balaban J connectivity index is 1.41. The minimum absolute atomic E-state index is 0.0496. The van der Waals surface area contributed by atoms with E-state index in [1.807, 2.05) is 55.1 Å². The summed E-state index contributed by atoms with van der Waals surface area (Å²) in [6.45, 7) is 4.45. The van der Waals surface area contributed by atoms with E-state index in [1.165, 1.54) is 11.8 Å². The van der Waals surface area contributed by atoms with Gasteiger partial charge in [0.15, 0.2) is 16.7 Å². The largest absolute Gasteiger partial charge is 0.493 e. The summed E-state index contributed by atoms with van der Waals surface area (Å²) in [7, 11) is 3.20. The molecule has 2 aliphatic rings. The highest BCUT2D eigenvalue weighted by molar-refractivity contribution is 8.14. The Morgan fingerprint density at radius 1 is 1.19 bits per heavy atom. The fourth-order valence-corrected chi connectivity index (χ4v) is 5.28. The lowest BCUT2D eigenvalue weighted by molar-refractivity contribution is -0.118. The van der Waals surface area contributed by atoms with E-state index in [0.717, 1.165) is 16.8 Å². The van der Waals surface area contributed by atoms with Crippen LogP contribution in [-0.2, 0) is 11.2 Å². The molecule has 2 aromatic rings. The van der Waals surface area contributed by atoms with Crippen molar-refractivity contribution in [2.45, 2.75) is 32.5 Å². The van der Waals surface area contributed by atoms with E-state index < -0.39 is 0 Å². The van der Waals surface area contributed by atoms with Gasteiger partial charge in [-0.05, 0) is 61.7 Å². The molecule has 0 aliphatic carbocycles. The summed E-state index contributed by atoms with van der Waals surface area (Å²) in [5.41, 5.74) is 9.09. The van der Waals surface area contributed by atoms with Crippen molar-refractivity contribution in [2.24, 2.45) is 10.9 Å². The highest BCUT2D eigenvalue weighted by Gasteiger charge is 2.43. The lowest BCUT2D eigenvalue weighted by atomic mass is 9.97. The van der Waals surface area contributed by atoms with Crippen molar-refractivity contribution in [3.63, 3.8) is 0 Å². The minimum atomic E-state index is -0.257. The first kappa shape index (κ1) is 26.3. The van der Waals surface area contributed by atoms with Crippen molar-refractivity contribution in [1.82, 2.24) is 16.2 Å². The zero-order valence-corrected chi connectivity index (χ0v) is 22.3. The number of ether oxygens (including phenoxy) is 2. The molecule has 4 N–H and O–H groups in total. The molecule has 1 amide bonds. The van der Waals surface area contributed by atoms with Crippen molar-refractivity contribution in [3.05, 3.63) is 52.5 Å². The topological polar surface area (TPSA) is 111 Å². The fraction of sp³-hybridized carbons (Fsp3) is 0.400. The lowest BCUT2D eigenvalue weighted by Crippen LogP contribution is -2.50. The van der Waals surface area contributed by atoms with Crippen LogP contribution in [0.2, 0.25) is 5.02 Å². The van der Waals surface area contributed by atoms with E-state index in [1.54, 1.807) is 14.2 Å². The van der Waals surface area contributed by atoms with Gasteiger partial charge in [0.1, 0.15) is 12.0 Å². The maximum absolute atomic E-state index is 12.7. The van der Waals surface area contributed by atoms with E-state index in [0.29, 0.717) is 40.5 Å². The molecule has 1 saturated heterocycles. The Kier molecular flexibility index (Phi) is 8.40. The number of carbonyl (C=O) groups excluding carboxylic acids is 1. The molecule has 11 heteroatoms. The van der Waals surface area contributed by atoms with Gasteiger partial charge in [-0.1, -0.05) is 29.4 Å². The predicted octanol–water partition coefficient (Wildman–Crippen LogP) is 3.35. The number of methoxy groups -OCH3 is 2. The van der Waals surface area contributed by atoms with Crippen LogP contribution in [0, 0.1) is 18.3 Å². The molecule has 3 unspecified atom stereocenters. The number of thioether (sulfide) groups is 1. The van der Waals surface area contributed by atoms with Crippen molar-refractivity contribution in [2.75, 3.05) is 31.4 Å². The molecule has 3 atom stereocenters. The molecule has 0 bridgehead atoms. The van der Waals surface area contributed by atoms with Gasteiger partial charge in [0.2, 0.25) is 5.91 Å². The highest BCUT2D eigenvalue weighted by atomic mass is 35.5. The van der Waals surface area contributed by atoms with Crippen molar-refractivity contribution in [3.8, 4) is 11.5 Å². The average molecular weight is 531 g/mol. The van der Waals surface area contributed by atoms with E-state index in [4.69, 9.17) is 31.5 Å². The summed E-state index contributed by atoms with van der Waals surface area (Å²) in [6, 6.07) is 11.4. The normalized spacial score (nSPS) is 21.1. The van der Waals surface area contributed by atoms with Gasteiger partial charge >= 0.3 is 0 Å². The van der Waals surface area contributed by atoms with Crippen LogP contribution in [0.3, 0.4) is 0 Å². The molecule has 2 heterocycles. The molecular weight excluding hydrogens is 500 g/mol. The third kappa shape index (κ3) is 5.62. The van der Waals surface area contributed by atoms with Crippen LogP contribution >= 0.6 is 23.4 Å². The molecule has 2 aromatic carbocycles. The average Bonchev–Trinajstić information content (AvgIpc) is 3.25. The quantitative estimate of drug-likeness (QED) is 0.414. The molecule has 9 nitrogen and oxygen atoms in total. The van der Waals surface area contributed by atoms with E-state index in [9.17, 15) is 4.79 Å². The number of fused-ring (bicyclic) bond motifs is 1. The molecule has 0 radical (unpaired) electrons.